The number of carbonyl (C=O) groups is 2. The van der Waals surface area contributed by atoms with Crippen molar-refractivity contribution < 1.29 is 14.7 Å². The van der Waals surface area contributed by atoms with Gasteiger partial charge in [0.05, 0.1) is 5.57 Å². The number of carbonyl (C=O) groups excluding carboxylic acids is 2. The van der Waals surface area contributed by atoms with E-state index in [2.05, 4.69) is 0 Å². The van der Waals surface area contributed by atoms with Crippen LogP contribution in [0.1, 0.15) is 28.4 Å². The fraction of sp³-hybridized carbons (Fsp3) is 0.154. The lowest BCUT2D eigenvalue weighted by Gasteiger charge is -2.17. The van der Waals surface area contributed by atoms with E-state index in [0.717, 1.165) is 5.56 Å². The first-order chi connectivity index (χ1) is 7.93. The van der Waals surface area contributed by atoms with E-state index < -0.39 is 11.6 Å². The normalized spacial score (nSPS) is 14.9. The highest BCUT2D eigenvalue weighted by molar-refractivity contribution is 6.57. The summed E-state index contributed by atoms with van der Waals surface area (Å²) in [4.78, 5) is 23.6. The summed E-state index contributed by atoms with van der Waals surface area (Å²) in [5.74, 6) is -1.76. The van der Waals surface area contributed by atoms with Gasteiger partial charge in [-0.25, -0.2) is 0 Å². The lowest BCUT2D eigenvalue weighted by molar-refractivity contribution is -0.111. The molecule has 0 bridgehead atoms. The number of aliphatic hydroxyl groups excluding tert-OH is 1. The topological polar surface area (TPSA) is 78.2 Å². The third kappa shape index (κ3) is 1.58. The molecule has 0 atom stereocenters. The molecule has 0 saturated heterocycles. The van der Waals surface area contributed by atoms with Gasteiger partial charge in [-0.05, 0) is 19.9 Å². The van der Waals surface area contributed by atoms with E-state index in [1.807, 2.05) is 0 Å². The Morgan fingerprint density at radius 3 is 2.41 bits per heavy atom. The Morgan fingerprint density at radius 1 is 1.18 bits per heavy atom. The minimum Gasteiger partial charge on any atom is -0.506 e. The van der Waals surface area contributed by atoms with Gasteiger partial charge in [0.15, 0.2) is 0 Å². The second kappa shape index (κ2) is 3.66. The fourth-order valence-corrected chi connectivity index (χ4v) is 1.88. The van der Waals surface area contributed by atoms with Crippen LogP contribution in [0.4, 0.5) is 0 Å². The largest absolute Gasteiger partial charge is 0.506 e. The maximum absolute atomic E-state index is 11.8. The van der Waals surface area contributed by atoms with E-state index in [1.165, 1.54) is 6.92 Å². The van der Waals surface area contributed by atoms with Crippen LogP contribution in [0.3, 0.4) is 0 Å². The molecule has 0 aliphatic heterocycles. The van der Waals surface area contributed by atoms with E-state index in [9.17, 15) is 14.7 Å². The van der Waals surface area contributed by atoms with Crippen molar-refractivity contribution in [2.45, 2.75) is 13.8 Å². The first kappa shape index (κ1) is 11.3. The van der Waals surface area contributed by atoms with Gasteiger partial charge in [-0.15, -0.1) is 0 Å². The van der Waals surface area contributed by atoms with Crippen LogP contribution in [-0.2, 0) is 4.79 Å². The highest BCUT2D eigenvalue weighted by atomic mass is 16.3. The first-order valence-electron chi connectivity index (χ1n) is 5.12. The van der Waals surface area contributed by atoms with Crippen molar-refractivity contribution >= 4 is 23.0 Å². The van der Waals surface area contributed by atoms with Crippen molar-refractivity contribution in [3.05, 3.63) is 40.5 Å². The number of aryl methyl sites for hydroxylation is 1. The van der Waals surface area contributed by atoms with Gasteiger partial charge < -0.3 is 10.5 Å². The van der Waals surface area contributed by atoms with Crippen LogP contribution in [0.5, 0.6) is 0 Å². The zero-order chi connectivity index (χ0) is 12.7. The summed E-state index contributed by atoms with van der Waals surface area (Å²) in [6.45, 7) is 3.17. The monoisotopic (exact) mass is 229 g/mol. The number of ketones is 2. The summed E-state index contributed by atoms with van der Waals surface area (Å²) in [7, 11) is 0. The molecule has 0 heterocycles. The standard InChI is InChI=1S/C13H11NO3/c1-6-3-4-8-9(5-6)12(16)13(17)10(7(2)14)11(8)15/h3-5,14-15H,1-2H3. The Kier molecular flexibility index (Phi) is 2.42. The molecule has 0 saturated carbocycles. The van der Waals surface area contributed by atoms with Crippen LogP contribution in [0.2, 0.25) is 0 Å². The third-order valence-corrected chi connectivity index (χ3v) is 2.72. The molecule has 0 fully saturated rings. The molecule has 1 aromatic rings. The van der Waals surface area contributed by atoms with Crippen molar-refractivity contribution in [2.24, 2.45) is 0 Å². The molecule has 17 heavy (non-hydrogen) atoms. The Hall–Kier alpha value is -2.23. The summed E-state index contributed by atoms with van der Waals surface area (Å²) >= 11 is 0. The molecular weight excluding hydrogens is 218 g/mol. The van der Waals surface area contributed by atoms with E-state index >= 15 is 0 Å². The Balaban J connectivity index is 2.79. The van der Waals surface area contributed by atoms with Gasteiger partial charge in [0.1, 0.15) is 5.76 Å². The smallest absolute Gasteiger partial charge is 0.239 e. The summed E-state index contributed by atoms with van der Waals surface area (Å²) in [6.07, 6.45) is 0. The maximum atomic E-state index is 11.8. The second-order valence-corrected chi connectivity index (χ2v) is 4.06. The molecule has 1 aliphatic rings. The molecule has 0 amide bonds. The van der Waals surface area contributed by atoms with Gasteiger partial charge >= 0.3 is 0 Å². The summed E-state index contributed by atoms with van der Waals surface area (Å²) in [5, 5.41) is 17.4. The van der Waals surface area contributed by atoms with E-state index in [-0.39, 0.29) is 22.6 Å². The van der Waals surface area contributed by atoms with Crippen molar-refractivity contribution in [1.29, 1.82) is 5.41 Å². The molecule has 0 aromatic heterocycles. The van der Waals surface area contributed by atoms with E-state index in [0.29, 0.717) is 5.56 Å². The number of hydrogen-bond acceptors (Lipinski definition) is 4. The van der Waals surface area contributed by atoms with Crippen molar-refractivity contribution in [2.75, 3.05) is 0 Å². The molecule has 86 valence electrons. The maximum Gasteiger partial charge on any atom is 0.239 e. The van der Waals surface area contributed by atoms with E-state index in [1.54, 1.807) is 25.1 Å². The number of Topliss-reactive ketones (excluding diaryl/α,β-unsaturated/α-hetero) is 2. The van der Waals surface area contributed by atoms with Crippen LogP contribution in [-0.4, -0.2) is 22.4 Å². The Labute approximate surface area is 98.1 Å². The minimum absolute atomic E-state index is 0.105. The molecule has 4 nitrogen and oxygen atoms in total. The Bertz CT molecular complexity index is 597. The number of aliphatic hydroxyl groups is 1. The Morgan fingerprint density at radius 2 is 1.82 bits per heavy atom. The number of benzene rings is 1. The molecule has 1 aromatic carbocycles. The molecule has 0 unspecified atom stereocenters. The highest BCUT2D eigenvalue weighted by Crippen LogP contribution is 2.28. The predicted molar refractivity (Wildman–Crippen MR) is 63.5 cm³/mol. The van der Waals surface area contributed by atoms with Crippen LogP contribution >= 0.6 is 0 Å². The highest BCUT2D eigenvalue weighted by Gasteiger charge is 2.33. The number of hydrogen-bond donors (Lipinski definition) is 2. The minimum atomic E-state index is -0.812. The first-order valence-corrected chi connectivity index (χ1v) is 5.12. The zero-order valence-electron chi connectivity index (χ0n) is 9.50. The van der Waals surface area contributed by atoms with Gasteiger partial charge in [-0.2, -0.15) is 0 Å². The van der Waals surface area contributed by atoms with Gasteiger partial charge in [0, 0.05) is 16.8 Å². The van der Waals surface area contributed by atoms with Crippen LogP contribution in [0.15, 0.2) is 23.8 Å². The van der Waals surface area contributed by atoms with Gasteiger partial charge in [-0.3, -0.25) is 9.59 Å². The number of fused-ring (bicyclic) bond motifs is 1. The zero-order valence-corrected chi connectivity index (χ0v) is 9.50. The lowest BCUT2D eigenvalue weighted by Crippen LogP contribution is -2.27. The number of nitrogens with one attached hydrogen (secondary N) is 1. The van der Waals surface area contributed by atoms with Crippen molar-refractivity contribution in [1.82, 2.24) is 0 Å². The summed E-state index contributed by atoms with van der Waals surface area (Å²) in [5.41, 5.74) is 1.06. The molecule has 0 radical (unpaired) electrons. The van der Waals surface area contributed by atoms with Gasteiger partial charge in [-0.1, -0.05) is 17.7 Å². The van der Waals surface area contributed by atoms with Crippen LogP contribution in [0.25, 0.3) is 5.76 Å². The molecule has 4 heteroatoms. The number of rotatable bonds is 1. The summed E-state index contributed by atoms with van der Waals surface area (Å²) < 4.78 is 0. The molecule has 1 aliphatic carbocycles. The van der Waals surface area contributed by atoms with Crippen LogP contribution in [0, 0.1) is 12.3 Å². The number of allylic oxidation sites excluding steroid dienone is 1. The van der Waals surface area contributed by atoms with E-state index in [4.69, 9.17) is 5.41 Å². The van der Waals surface area contributed by atoms with Crippen molar-refractivity contribution in [3.8, 4) is 0 Å². The summed E-state index contributed by atoms with van der Waals surface area (Å²) in [6, 6.07) is 4.91. The molecular formula is C13H11NO3. The van der Waals surface area contributed by atoms with Gasteiger partial charge in [0.25, 0.3) is 0 Å². The molecule has 0 spiro atoms. The second-order valence-electron chi connectivity index (χ2n) is 4.06. The third-order valence-electron chi connectivity index (χ3n) is 2.72. The lowest BCUT2D eigenvalue weighted by atomic mass is 9.86. The molecule has 2 N–H and O–H groups in total. The van der Waals surface area contributed by atoms with Gasteiger partial charge in [0.2, 0.25) is 11.6 Å². The fourth-order valence-electron chi connectivity index (χ4n) is 1.88. The van der Waals surface area contributed by atoms with Crippen LogP contribution < -0.4 is 0 Å². The predicted octanol–water partition coefficient (Wildman–Crippen LogP) is 2.07. The molecule has 2 rings (SSSR count). The average Bonchev–Trinajstić information content (AvgIpc) is 2.25. The average molecular weight is 229 g/mol. The quantitative estimate of drug-likeness (QED) is 0.571. The van der Waals surface area contributed by atoms with Crippen molar-refractivity contribution in [3.63, 3.8) is 0 Å². The SMILES string of the molecule is CC(=N)C1=C(O)c2ccc(C)cc2C(=O)C1=O.